The highest BCUT2D eigenvalue weighted by Crippen LogP contribution is 2.12. The van der Waals surface area contributed by atoms with Crippen LogP contribution in [0.2, 0.25) is 0 Å². The number of rotatable bonds is 11. The largest absolute Gasteiger partial charge is 0.313 e. The van der Waals surface area contributed by atoms with Gasteiger partial charge in [0.05, 0.1) is 0 Å². The van der Waals surface area contributed by atoms with Gasteiger partial charge in [0.15, 0.2) is 0 Å². The first kappa shape index (κ1) is 18.5. The van der Waals surface area contributed by atoms with Gasteiger partial charge in [0.1, 0.15) is 12.2 Å². The maximum Gasteiger partial charge on any atom is 0.138 e. The molecule has 1 rings (SSSR count). The van der Waals surface area contributed by atoms with E-state index in [9.17, 15) is 0 Å². The van der Waals surface area contributed by atoms with Crippen LogP contribution in [0.4, 0.5) is 0 Å². The Hall–Kier alpha value is -0.550. The van der Waals surface area contributed by atoms with Crippen LogP contribution in [-0.2, 0) is 13.0 Å². The SMILES string of the molecule is CCCNC(CSCC(C)C)Cc1ncnn1CC(C)C. The summed E-state index contributed by atoms with van der Waals surface area (Å²) in [6.07, 6.45) is 3.83. The van der Waals surface area contributed by atoms with Crippen molar-refractivity contribution in [3.8, 4) is 0 Å². The van der Waals surface area contributed by atoms with E-state index in [1.165, 1.54) is 12.2 Å². The van der Waals surface area contributed by atoms with Gasteiger partial charge in [-0.25, -0.2) is 9.67 Å². The summed E-state index contributed by atoms with van der Waals surface area (Å²) in [6, 6.07) is 0.490. The number of hydrogen-bond acceptors (Lipinski definition) is 4. The van der Waals surface area contributed by atoms with Crippen molar-refractivity contribution in [3.63, 3.8) is 0 Å². The highest BCUT2D eigenvalue weighted by molar-refractivity contribution is 7.99. The molecule has 0 aliphatic rings. The van der Waals surface area contributed by atoms with Crippen LogP contribution in [0.25, 0.3) is 0 Å². The summed E-state index contributed by atoms with van der Waals surface area (Å²) in [4.78, 5) is 4.46. The molecule has 0 radical (unpaired) electrons. The Morgan fingerprint density at radius 3 is 2.57 bits per heavy atom. The van der Waals surface area contributed by atoms with Crippen molar-refractivity contribution < 1.29 is 0 Å². The van der Waals surface area contributed by atoms with E-state index < -0.39 is 0 Å². The lowest BCUT2D eigenvalue weighted by Gasteiger charge is -2.19. The van der Waals surface area contributed by atoms with Crippen molar-refractivity contribution in [3.05, 3.63) is 12.2 Å². The van der Waals surface area contributed by atoms with Gasteiger partial charge in [-0.05, 0) is 30.6 Å². The lowest BCUT2D eigenvalue weighted by molar-refractivity contribution is 0.449. The van der Waals surface area contributed by atoms with Crippen LogP contribution in [0.5, 0.6) is 0 Å². The third-order valence-electron chi connectivity index (χ3n) is 3.12. The summed E-state index contributed by atoms with van der Waals surface area (Å²) in [5, 5.41) is 8.03. The molecule has 0 fully saturated rings. The molecule has 4 nitrogen and oxygen atoms in total. The third kappa shape index (κ3) is 7.86. The van der Waals surface area contributed by atoms with Gasteiger partial charge in [-0.1, -0.05) is 34.6 Å². The lowest BCUT2D eigenvalue weighted by atomic mass is 10.2. The van der Waals surface area contributed by atoms with E-state index >= 15 is 0 Å². The quantitative estimate of drug-likeness (QED) is 0.681. The Labute approximate surface area is 134 Å². The second-order valence-corrected chi connectivity index (χ2v) is 7.61. The normalized spacial score (nSPS) is 13.3. The van der Waals surface area contributed by atoms with Crippen LogP contribution < -0.4 is 5.32 Å². The van der Waals surface area contributed by atoms with E-state index in [1.807, 2.05) is 11.8 Å². The van der Waals surface area contributed by atoms with E-state index in [0.717, 1.165) is 37.0 Å². The van der Waals surface area contributed by atoms with E-state index in [-0.39, 0.29) is 0 Å². The van der Waals surface area contributed by atoms with Crippen LogP contribution in [0, 0.1) is 11.8 Å². The molecular weight excluding hydrogens is 280 g/mol. The summed E-state index contributed by atoms with van der Waals surface area (Å²) in [5.41, 5.74) is 0. The summed E-state index contributed by atoms with van der Waals surface area (Å²) >= 11 is 2.04. The number of nitrogens with zero attached hydrogens (tertiary/aromatic N) is 3. The zero-order valence-corrected chi connectivity index (χ0v) is 15.1. The van der Waals surface area contributed by atoms with Crippen LogP contribution >= 0.6 is 11.8 Å². The molecule has 0 bridgehead atoms. The van der Waals surface area contributed by atoms with E-state index in [0.29, 0.717) is 12.0 Å². The molecule has 0 saturated heterocycles. The minimum absolute atomic E-state index is 0.490. The lowest BCUT2D eigenvalue weighted by Crippen LogP contribution is -2.35. The molecule has 1 aromatic rings. The standard InChI is InChI=1S/C16H32N4S/c1-6-7-17-15(11-21-10-14(4)5)8-16-18-12-19-20(16)9-13(2)3/h12-15,17H,6-11H2,1-5H3. The fraction of sp³-hybridized carbons (Fsp3) is 0.875. The monoisotopic (exact) mass is 312 g/mol. The van der Waals surface area contributed by atoms with Gasteiger partial charge in [-0.3, -0.25) is 0 Å². The fourth-order valence-electron chi connectivity index (χ4n) is 2.15. The molecule has 1 heterocycles. The molecule has 21 heavy (non-hydrogen) atoms. The maximum atomic E-state index is 4.46. The smallest absolute Gasteiger partial charge is 0.138 e. The van der Waals surface area contributed by atoms with Gasteiger partial charge in [-0.15, -0.1) is 0 Å². The van der Waals surface area contributed by atoms with Gasteiger partial charge >= 0.3 is 0 Å². The first-order chi connectivity index (χ1) is 10.0. The van der Waals surface area contributed by atoms with Gasteiger partial charge in [0.25, 0.3) is 0 Å². The van der Waals surface area contributed by atoms with Gasteiger partial charge < -0.3 is 5.32 Å². The third-order valence-corrected chi connectivity index (χ3v) is 4.66. The molecule has 0 amide bonds. The zero-order chi connectivity index (χ0) is 15.7. The molecule has 0 aliphatic heterocycles. The molecule has 1 unspecified atom stereocenters. The molecule has 0 saturated carbocycles. The van der Waals surface area contributed by atoms with Crippen molar-refractivity contribution in [1.82, 2.24) is 20.1 Å². The van der Waals surface area contributed by atoms with Gasteiger partial charge in [-0.2, -0.15) is 16.9 Å². The maximum absolute atomic E-state index is 4.46. The van der Waals surface area contributed by atoms with Crippen LogP contribution in [0.15, 0.2) is 6.33 Å². The number of thioether (sulfide) groups is 1. The predicted molar refractivity (Wildman–Crippen MR) is 92.8 cm³/mol. The Bertz CT molecular complexity index is 376. The van der Waals surface area contributed by atoms with Crippen molar-refractivity contribution >= 4 is 11.8 Å². The zero-order valence-electron chi connectivity index (χ0n) is 14.3. The molecule has 1 aromatic heterocycles. The average molecular weight is 313 g/mol. The summed E-state index contributed by atoms with van der Waals surface area (Å²) in [7, 11) is 0. The summed E-state index contributed by atoms with van der Waals surface area (Å²) in [6.45, 7) is 13.2. The second-order valence-electron chi connectivity index (χ2n) is 6.54. The van der Waals surface area contributed by atoms with Crippen LogP contribution in [-0.4, -0.2) is 38.9 Å². The molecular formula is C16H32N4S. The molecule has 1 atom stereocenters. The van der Waals surface area contributed by atoms with Crippen molar-refractivity contribution in [2.24, 2.45) is 11.8 Å². The van der Waals surface area contributed by atoms with Crippen molar-refractivity contribution in [2.45, 2.75) is 60.0 Å². The number of hydrogen-bond donors (Lipinski definition) is 1. The Morgan fingerprint density at radius 1 is 1.19 bits per heavy atom. The number of aromatic nitrogens is 3. The van der Waals surface area contributed by atoms with Gasteiger partial charge in [0, 0.05) is 24.8 Å². The molecule has 0 spiro atoms. The topological polar surface area (TPSA) is 42.7 Å². The Balaban J connectivity index is 2.56. The molecule has 1 N–H and O–H groups in total. The minimum Gasteiger partial charge on any atom is -0.313 e. The van der Waals surface area contributed by atoms with E-state index in [1.54, 1.807) is 6.33 Å². The summed E-state index contributed by atoms with van der Waals surface area (Å²) in [5.74, 6) is 4.84. The summed E-state index contributed by atoms with van der Waals surface area (Å²) < 4.78 is 2.07. The Kier molecular flexibility index (Phi) is 9.00. The molecule has 122 valence electrons. The minimum atomic E-state index is 0.490. The van der Waals surface area contributed by atoms with E-state index in [2.05, 4.69) is 54.7 Å². The molecule has 5 heteroatoms. The van der Waals surface area contributed by atoms with E-state index in [4.69, 9.17) is 0 Å². The van der Waals surface area contributed by atoms with Crippen molar-refractivity contribution in [1.29, 1.82) is 0 Å². The predicted octanol–water partition coefficient (Wildman–Crippen LogP) is 3.23. The van der Waals surface area contributed by atoms with Gasteiger partial charge in [0.2, 0.25) is 0 Å². The molecule has 0 aromatic carbocycles. The second kappa shape index (κ2) is 10.2. The highest BCUT2D eigenvalue weighted by Gasteiger charge is 2.14. The fourth-order valence-corrected chi connectivity index (χ4v) is 3.28. The molecule has 0 aliphatic carbocycles. The Morgan fingerprint density at radius 2 is 1.95 bits per heavy atom. The van der Waals surface area contributed by atoms with Crippen LogP contribution in [0.1, 0.15) is 46.9 Å². The van der Waals surface area contributed by atoms with Crippen molar-refractivity contribution in [2.75, 3.05) is 18.1 Å². The number of nitrogens with one attached hydrogen (secondary N) is 1. The first-order valence-corrected chi connectivity index (χ1v) is 9.36. The van der Waals surface area contributed by atoms with Crippen LogP contribution in [0.3, 0.4) is 0 Å². The first-order valence-electron chi connectivity index (χ1n) is 8.20. The average Bonchev–Trinajstić information content (AvgIpc) is 2.81. The highest BCUT2D eigenvalue weighted by atomic mass is 32.2.